The highest BCUT2D eigenvalue weighted by Crippen LogP contribution is 2.28. The number of benzene rings is 2. The summed E-state index contributed by atoms with van der Waals surface area (Å²) < 4.78 is 5.26. The largest absolute Gasteiger partial charge is 0.495 e. The number of methoxy groups -OCH3 is 1. The molecule has 144 valence electrons. The van der Waals surface area contributed by atoms with Crippen LogP contribution in [0.2, 0.25) is 5.02 Å². The lowest BCUT2D eigenvalue weighted by Crippen LogP contribution is -2.16. The van der Waals surface area contributed by atoms with Crippen LogP contribution in [-0.2, 0) is 6.42 Å². The Bertz CT molecular complexity index is 990. The number of aryl methyl sites for hydroxylation is 2. The summed E-state index contributed by atoms with van der Waals surface area (Å²) in [5.41, 5.74) is 2.85. The summed E-state index contributed by atoms with van der Waals surface area (Å²) in [5, 5.41) is 6.49. The van der Waals surface area contributed by atoms with Crippen LogP contribution in [0.4, 0.5) is 17.2 Å². The lowest BCUT2D eigenvalue weighted by atomic mass is 10.1. The monoisotopic (exact) mass is 396 g/mol. The molecule has 0 radical (unpaired) electrons. The number of nitrogens with one attached hydrogen (secondary N) is 2. The molecular weight excluding hydrogens is 376 g/mol. The van der Waals surface area contributed by atoms with Crippen LogP contribution in [0.3, 0.4) is 0 Å². The molecule has 6 nitrogen and oxygen atoms in total. The summed E-state index contributed by atoms with van der Waals surface area (Å²) in [6, 6.07) is 14.7. The van der Waals surface area contributed by atoms with E-state index in [0.29, 0.717) is 28.1 Å². The van der Waals surface area contributed by atoms with E-state index in [2.05, 4.69) is 39.7 Å². The van der Waals surface area contributed by atoms with Gasteiger partial charge in [0, 0.05) is 16.8 Å². The topological polar surface area (TPSA) is 76.1 Å². The van der Waals surface area contributed by atoms with Crippen molar-refractivity contribution in [2.75, 3.05) is 17.7 Å². The van der Waals surface area contributed by atoms with E-state index in [-0.39, 0.29) is 11.6 Å². The Labute approximate surface area is 168 Å². The summed E-state index contributed by atoms with van der Waals surface area (Å²) in [4.78, 5) is 21.3. The van der Waals surface area contributed by atoms with Gasteiger partial charge in [-0.05, 0) is 49.2 Å². The molecule has 0 aliphatic carbocycles. The Morgan fingerprint density at radius 3 is 2.54 bits per heavy atom. The predicted octanol–water partition coefficient (Wildman–Crippen LogP) is 5.01. The molecule has 0 saturated heterocycles. The molecule has 0 saturated carbocycles. The number of nitrogens with zero attached hydrogens (tertiary/aromatic N) is 2. The number of hydrogen-bond acceptors (Lipinski definition) is 5. The van der Waals surface area contributed by atoms with Crippen LogP contribution >= 0.6 is 11.6 Å². The minimum Gasteiger partial charge on any atom is -0.495 e. The molecule has 0 aliphatic heterocycles. The smallest absolute Gasteiger partial charge is 0.274 e. The molecule has 1 aromatic heterocycles. The van der Waals surface area contributed by atoms with E-state index in [0.717, 1.165) is 12.1 Å². The van der Waals surface area contributed by atoms with Crippen molar-refractivity contribution >= 4 is 34.7 Å². The number of halogens is 1. The molecule has 3 aromatic rings. The number of amides is 1. The zero-order chi connectivity index (χ0) is 20.1. The Hall–Kier alpha value is -3.12. The van der Waals surface area contributed by atoms with Crippen LogP contribution in [0.5, 0.6) is 5.75 Å². The molecule has 0 bridgehead atoms. The highest BCUT2D eigenvalue weighted by molar-refractivity contribution is 6.31. The third-order valence-electron chi connectivity index (χ3n) is 4.11. The van der Waals surface area contributed by atoms with Crippen LogP contribution in [0.25, 0.3) is 0 Å². The van der Waals surface area contributed by atoms with Crippen molar-refractivity contribution in [1.82, 2.24) is 9.97 Å². The molecule has 7 heteroatoms. The fourth-order valence-electron chi connectivity index (χ4n) is 2.68. The number of ether oxygens (including phenoxy) is 1. The summed E-state index contributed by atoms with van der Waals surface area (Å²) in [6.45, 7) is 3.85. The van der Waals surface area contributed by atoms with Gasteiger partial charge in [-0.15, -0.1) is 0 Å². The minimum atomic E-state index is -0.379. The standard InChI is InChI=1S/C21H21ClN4O2/c1-4-14-5-8-16(9-6-14)25-20-12-18(23-13(2)24-20)21(27)26-17-11-15(22)7-10-19(17)28-3/h5-12H,4H2,1-3H3,(H,26,27)(H,23,24,25). The second kappa shape index (κ2) is 8.71. The third kappa shape index (κ3) is 4.78. The van der Waals surface area contributed by atoms with Gasteiger partial charge in [-0.25, -0.2) is 9.97 Å². The summed E-state index contributed by atoms with van der Waals surface area (Å²) in [6.07, 6.45) is 0.976. The Morgan fingerprint density at radius 2 is 1.86 bits per heavy atom. The van der Waals surface area contributed by atoms with Gasteiger partial charge in [0.15, 0.2) is 0 Å². The van der Waals surface area contributed by atoms with Crippen molar-refractivity contribution in [3.63, 3.8) is 0 Å². The van der Waals surface area contributed by atoms with Crippen molar-refractivity contribution < 1.29 is 9.53 Å². The van der Waals surface area contributed by atoms with Gasteiger partial charge in [0.2, 0.25) is 0 Å². The first-order valence-electron chi connectivity index (χ1n) is 8.85. The first kappa shape index (κ1) is 19.6. The molecular formula is C21H21ClN4O2. The van der Waals surface area contributed by atoms with Crippen molar-refractivity contribution in [3.8, 4) is 5.75 Å². The van der Waals surface area contributed by atoms with Gasteiger partial charge in [0.1, 0.15) is 23.1 Å². The van der Waals surface area contributed by atoms with Gasteiger partial charge < -0.3 is 15.4 Å². The van der Waals surface area contributed by atoms with Crippen molar-refractivity contribution in [2.45, 2.75) is 20.3 Å². The van der Waals surface area contributed by atoms with E-state index in [1.54, 1.807) is 31.2 Å². The highest BCUT2D eigenvalue weighted by atomic mass is 35.5. The summed E-state index contributed by atoms with van der Waals surface area (Å²) in [5.74, 6) is 1.16. The van der Waals surface area contributed by atoms with Gasteiger partial charge in [-0.3, -0.25) is 4.79 Å². The van der Waals surface area contributed by atoms with Gasteiger partial charge in [-0.1, -0.05) is 30.7 Å². The number of anilines is 3. The molecule has 2 aromatic carbocycles. The lowest BCUT2D eigenvalue weighted by Gasteiger charge is -2.12. The van der Waals surface area contributed by atoms with E-state index < -0.39 is 0 Å². The quantitative estimate of drug-likeness (QED) is 0.612. The third-order valence-corrected chi connectivity index (χ3v) is 4.35. The number of carbonyl (C=O) groups is 1. The van der Waals surface area contributed by atoms with Crippen LogP contribution in [0.1, 0.15) is 28.8 Å². The maximum absolute atomic E-state index is 12.7. The minimum absolute atomic E-state index is 0.238. The van der Waals surface area contributed by atoms with Gasteiger partial charge in [0.05, 0.1) is 12.8 Å². The number of aromatic nitrogens is 2. The van der Waals surface area contributed by atoms with E-state index in [4.69, 9.17) is 16.3 Å². The van der Waals surface area contributed by atoms with Crippen LogP contribution in [-0.4, -0.2) is 23.0 Å². The zero-order valence-electron chi connectivity index (χ0n) is 15.9. The van der Waals surface area contributed by atoms with Gasteiger partial charge >= 0.3 is 0 Å². The maximum atomic E-state index is 12.7. The van der Waals surface area contributed by atoms with E-state index in [1.807, 2.05) is 12.1 Å². The molecule has 0 fully saturated rings. The van der Waals surface area contributed by atoms with Gasteiger partial charge in [-0.2, -0.15) is 0 Å². The van der Waals surface area contributed by atoms with Crippen molar-refractivity contribution in [2.24, 2.45) is 0 Å². The highest BCUT2D eigenvalue weighted by Gasteiger charge is 2.14. The van der Waals surface area contributed by atoms with Crippen LogP contribution < -0.4 is 15.4 Å². The first-order chi connectivity index (χ1) is 13.5. The Balaban J connectivity index is 1.82. The maximum Gasteiger partial charge on any atom is 0.274 e. The van der Waals surface area contributed by atoms with Gasteiger partial charge in [0.25, 0.3) is 5.91 Å². The Kier molecular flexibility index (Phi) is 6.11. The second-order valence-corrected chi connectivity index (χ2v) is 6.60. The summed E-state index contributed by atoms with van der Waals surface area (Å²) >= 11 is 6.02. The van der Waals surface area contributed by atoms with Crippen LogP contribution in [0, 0.1) is 6.92 Å². The van der Waals surface area contributed by atoms with Crippen molar-refractivity contribution in [3.05, 3.63) is 70.6 Å². The van der Waals surface area contributed by atoms with Crippen LogP contribution in [0.15, 0.2) is 48.5 Å². The lowest BCUT2D eigenvalue weighted by molar-refractivity contribution is 0.102. The molecule has 3 rings (SSSR count). The molecule has 1 heterocycles. The number of rotatable bonds is 6. The molecule has 1 amide bonds. The van der Waals surface area contributed by atoms with E-state index in [9.17, 15) is 4.79 Å². The average Bonchev–Trinajstić information content (AvgIpc) is 2.68. The van der Waals surface area contributed by atoms with Crippen molar-refractivity contribution in [1.29, 1.82) is 0 Å². The van der Waals surface area contributed by atoms with E-state index >= 15 is 0 Å². The first-order valence-corrected chi connectivity index (χ1v) is 9.23. The summed E-state index contributed by atoms with van der Waals surface area (Å²) in [7, 11) is 1.53. The fraction of sp³-hybridized carbons (Fsp3) is 0.190. The molecule has 0 atom stereocenters. The molecule has 2 N–H and O–H groups in total. The zero-order valence-corrected chi connectivity index (χ0v) is 16.7. The fourth-order valence-corrected chi connectivity index (χ4v) is 2.86. The molecule has 0 aliphatic rings. The SMILES string of the molecule is CCc1ccc(Nc2cc(C(=O)Nc3cc(Cl)ccc3OC)nc(C)n2)cc1. The average molecular weight is 397 g/mol. The molecule has 28 heavy (non-hydrogen) atoms. The Morgan fingerprint density at radius 1 is 1.11 bits per heavy atom. The molecule has 0 spiro atoms. The number of carbonyl (C=O) groups excluding carboxylic acids is 1. The predicted molar refractivity (Wildman–Crippen MR) is 112 cm³/mol. The van der Waals surface area contributed by atoms with E-state index in [1.165, 1.54) is 12.7 Å². The molecule has 0 unspecified atom stereocenters. The normalized spacial score (nSPS) is 10.4. The number of hydrogen-bond donors (Lipinski definition) is 2. The second-order valence-electron chi connectivity index (χ2n) is 6.16.